The number of nitrogens with two attached hydrogens (primary N) is 2. The van der Waals surface area contributed by atoms with Gasteiger partial charge in [0, 0.05) is 44.0 Å². The lowest BCUT2D eigenvalue weighted by atomic mass is 10.0. The van der Waals surface area contributed by atoms with E-state index in [1.807, 2.05) is 36.4 Å². The highest BCUT2D eigenvalue weighted by molar-refractivity contribution is 5.95. The first-order chi connectivity index (χ1) is 16.9. The van der Waals surface area contributed by atoms with Gasteiger partial charge in [-0.3, -0.25) is 15.0 Å². The number of nitrogens with zero attached hydrogens (tertiary/aromatic N) is 4. The molecule has 0 saturated carbocycles. The predicted octanol–water partition coefficient (Wildman–Crippen LogP) is 1.31. The standard InChI is InChI=1S/C25H29N7O3/c1-35-23(13-17-5-7-19-20(12-17)29-15-30-25(19)28)32-10-9-31(14-22(32)34)21(33)8-6-16-3-2-4-18(11-16)24(26)27/h2-5,7,11-12,15,23H,6,8-10,13-14H2,1H3,(H3,26,27)(H2,28,29,30). The lowest BCUT2D eigenvalue weighted by molar-refractivity contribution is -0.155. The Morgan fingerprint density at radius 1 is 1.17 bits per heavy atom. The van der Waals surface area contributed by atoms with E-state index in [-0.39, 0.29) is 30.6 Å². The second-order valence-corrected chi connectivity index (χ2v) is 8.52. The summed E-state index contributed by atoms with van der Waals surface area (Å²) in [7, 11) is 1.58. The Morgan fingerprint density at radius 2 is 2.00 bits per heavy atom. The topological polar surface area (TPSA) is 152 Å². The summed E-state index contributed by atoms with van der Waals surface area (Å²) in [6.07, 6.45) is 2.26. The Morgan fingerprint density at radius 3 is 2.74 bits per heavy atom. The lowest BCUT2D eigenvalue weighted by Crippen LogP contribution is -2.56. The van der Waals surface area contributed by atoms with Crippen LogP contribution in [0, 0.1) is 5.41 Å². The highest BCUT2D eigenvalue weighted by atomic mass is 16.5. The van der Waals surface area contributed by atoms with Crippen molar-refractivity contribution >= 4 is 34.4 Å². The zero-order valence-electron chi connectivity index (χ0n) is 19.6. The van der Waals surface area contributed by atoms with Crippen LogP contribution < -0.4 is 11.5 Å². The number of nitrogens with one attached hydrogen (secondary N) is 1. The van der Waals surface area contributed by atoms with Crippen molar-refractivity contribution in [2.75, 3.05) is 32.5 Å². The van der Waals surface area contributed by atoms with Crippen LogP contribution in [0.25, 0.3) is 10.9 Å². The van der Waals surface area contributed by atoms with E-state index in [0.29, 0.717) is 37.3 Å². The van der Waals surface area contributed by atoms with Crippen LogP contribution in [-0.4, -0.2) is 70.4 Å². The van der Waals surface area contributed by atoms with Crippen molar-refractivity contribution in [3.05, 3.63) is 65.5 Å². The number of hydrogen-bond donors (Lipinski definition) is 3. The van der Waals surface area contributed by atoms with Crippen molar-refractivity contribution in [3.63, 3.8) is 0 Å². The third-order valence-corrected chi connectivity index (χ3v) is 6.24. The van der Waals surface area contributed by atoms with E-state index in [9.17, 15) is 9.59 Å². The Labute approximate surface area is 203 Å². The van der Waals surface area contributed by atoms with E-state index in [1.54, 1.807) is 23.0 Å². The van der Waals surface area contributed by atoms with Crippen molar-refractivity contribution in [1.29, 1.82) is 5.41 Å². The van der Waals surface area contributed by atoms with E-state index >= 15 is 0 Å². The molecule has 2 aromatic carbocycles. The van der Waals surface area contributed by atoms with Crippen LogP contribution in [0.3, 0.4) is 0 Å². The Bertz CT molecular complexity index is 1260. The number of piperazine rings is 1. The number of benzene rings is 2. The van der Waals surface area contributed by atoms with Gasteiger partial charge in [-0.05, 0) is 35.7 Å². The number of aryl methyl sites for hydroxylation is 1. The first-order valence-corrected chi connectivity index (χ1v) is 11.4. The molecule has 0 radical (unpaired) electrons. The number of rotatable bonds is 8. The van der Waals surface area contributed by atoms with Gasteiger partial charge in [0.25, 0.3) is 0 Å². The summed E-state index contributed by atoms with van der Waals surface area (Å²) in [6, 6.07) is 13.0. The van der Waals surface area contributed by atoms with Crippen molar-refractivity contribution in [2.45, 2.75) is 25.5 Å². The molecular formula is C25H29N7O3. The maximum absolute atomic E-state index is 12.9. The summed E-state index contributed by atoms with van der Waals surface area (Å²) in [5.74, 6) is 0.190. The van der Waals surface area contributed by atoms with E-state index in [0.717, 1.165) is 22.0 Å². The van der Waals surface area contributed by atoms with Gasteiger partial charge in [0.1, 0.15) is 24.2 Å². The highest BCUT2D eigenvalue weighted by Gasteiger charge is 2.31. The minimum absolute atomic E-state index is 0.00585. The van der Waals surface area contributed by atoms with Crippen molar-refractivity contribution in [1.82, 2.24) is 19.8 Å². The quantitative estimate of drug-likeness (QED) is 0.328. The lowest BCUT2D eigenvalue weighted by Gasteiger charge is -2.38. The largest absolute Gasteiger partial charge is 0.384 e. The van der Waals surface area contributed by atoms with Crippen LogP contribution in [-0.2, 0) is 27.2 Å². The van der Waals surface area contributed by atoms with E-state index in [2.05, 4.69) is 9.97 Å². The number of nitrogen functional groups attached to an aromatic ring is 2. The molecule has 1 aromatic heterocycles. The van der Waals surface area contributed by atoms with Gasteiger partial charge in [0.05, 0.1) is 12.1 Å². The number of fused-ring (bicyclic) bond motifs is 1. The van der Waals surface area contributed by atoms with Gasteiger partial charge < -0.3 is 26.0 Å². The number of amides is 2. The number of methoxy groups -OCH3 is 1. The molecule has 0 aliphatic carbocycles. The summed E-state index contributed by atoms with van der Waals surface area (Å²) in [4.78, 5) is 37.2. The van der Waals surface area contributed by atoms with Crippen LogP contribution in [0.1, 0.15) is 23.1 Å². The first kappa shape index (κ1) is 24.1. The van der Waals surface area contributed by atoms with Crippen LogP contribution >= 0.6 is 0 Å². The summed E-state index contributed by atoms with van der Waals surface area (Å²) in [5.41, 5.74) is 14.7. The molecule has 5 N–H and O–H groups in total. The minimum atomic E-state index is -0.453. The van der Waals surface area contributed by atoms with Gasteiger partial charge in [-0.2, -0.15) is 0 Å². The normalized spacial score (nSPS) is 14.8. The van der Waals surface area contributed by atoms with E-state index < -0.39 is 6.23 Å². The molecule has 1 saturated heterocycles. The van der Waals surface area contributed by atoms with Crippen molar-refractivity contribution in [2.24, 2.45) is 5.73 Å². The zero-order valence-corrected chi connectivity index (χ0v) is 19.6. The summed E-state index contributed by atoms with van der Waals surface area (Å²) in [5, 5.41) is 8.33. The number of hydrogen-bond acceptors (Lipinski definition) is 7. The third kappa shape index (κ3) is 5.55. The molecule has 1 aliphatic rings. The second kappa shape index (κ2) is 10.5. The number of aromatic nitrogens is 2. The van der Waals surface area contributed by atoms with Gasteiger partial charge in [0.15, 0.2) is 0 Å². The maximum atomic E-state index is 12.9. The molecular weight excluding hydrogens is 446 g/mol. The number of carbonyl (C=O) groups excluding carboxylic acids is 2. The molecule has 0 spiro atoms. The number of carbonyl (C=O) groups is 2. The number of ether oxygens (including phenoxy) is 1. The monoisotopic (exact) mass is 475 g/mol. The van der Waals surface area contributed by atoms with Gasteiger partial charge in [-0.25, -0.2) is 9.97 Å². The van der Waals surface area contributed by atoms with Crippen LogP contribution in [0.5, 0.6) is 0 Å². The van der Waals surface area contributed by atoms with Gasteiger partial charge in [-0.15, -0.1) is 0 Å². The summed E-state index contributed by atoms with van der Waals surface area (Å²) < 4.78 is 5.65. The van der Waals surface area contributed by atoms with Gasteiger partial charge in [-0.1, -0.05) is 24.3 Å². The smallest absolute Gasteiger partial charge is 0.244 e. The molecule has 1 unspecified atom stereocenters. The fraction of sp³-hybridized carbons (Fsp3) is 0.320. The molecule has 0 bridgehead atoms. The zero-order chi connectivity index (χ0) is 24.9. The molecule has 10 nitrogen and oxygen atoms in total. The van der Waals surface area contributed by atoms with E-state index in [1.165, 1.54) is 6.33 Å². The fourth-order valence-electron chi connectivity index (χ4n) is 4.28. The van der Waals surface area contributed by atoms with Crippen LogP contribution in [0.4, 0.5) is 5.82 Å². The number of anilines is 1. The summed E-state index contributed by atoms with van der Waals surface area (Å²) >= 11 is 0. The van der Waals surface area contributed by atoms with Crippen LogP contribution in [0.2, 0.25) is 0 Å². The summed E-state index contributed by atoms with van der Waals surface area (Å²) in [6.45, 7) is 0.860. The Hall–Kier alpha value is -4.05. The fourth-order valence-corrected chi connectivity index (χ4v) is 4.28. The molecule has 1 aliphatic heterocycles. The molecule has 1 atom stereocenters. The second-order valence-electron chi connectivity index (χ2n) is 8.52. The van der Waals surface area contributed by atoms with E-state index in [4.69, 9.17) is 21.6 Å². The molecule has 2 amide bonds. The maximum Gasteiger partial charge on any atom is 0.244 e. The van der Waals surface area contributed by atoms with Gasteiger partial charge in [0.2, 0.25) is 11.8 Å². The Kier molecular flexibility index (Phi) is 7.21. The minimum Gasteiger partial charge on any atom is -0.384 e. The predicted molar refractivity (Wildman–Crippen MR) is 133 cm³/mol. The average molecular weight is 476 g/mol. The van der Waals surface area contributed by atoms with Gasteiger partial charge >= 0.3 is 0 Å². The van der Waals surface area contributed by atoms with Crippen molar-refractivity contribution < 1.29 is 14.3 Å². The molecule has 1 fully saturated rings. The van der Waals surface area contributed by atoms with Crippen molar-refractivity contribution in [3.8, 4) is 0 Å². The number of amidine groups is 1. The molecule has 4 rings (SSSR count). The van der Waals surface area contributed by atoms with Crippen LogP contribution in [0.15, 0.2) is 48.8 Å². The molecule has 10 heteroatoms. The molecule has 182 valence electrons. The molecule has 35 heavy (non-hydrogen) atoms. The SMILES string of the molecule is COC(Cc1ccc2c(N)ncnc2c1)N1CCN(C(=O)CCc2cccc(C(=N)N)c2)CC1=O. The Balaban J connectivity index is 1.35. The average Bonchev–Trinajstić information content (AvgIpc) is 2.86. The molecule has 3 aromatic rings. The highest BCUT2D eigenvalue weighted by Crippen LogP contribution is 2.21. The molecule has 2 heterocycles. The third-order valence-electron chi connectivity index (χ3n) is 6.24. The first-order valence-electron chi connectivity index (χ1n) is 11.4.